The second-order valence-corrected chi connectivity index (χ2v) is 5.52. The van der Waals surface area contributed by atoms with Crippen LogP contribution < -0.4 is 11.1 Å². The summed E-state index contributed by atoms with van der Waals surface area (Å²) in [6, 6.07) is 2.09. The Kier molecular flexibility index (Phi) is 4.11. The van der Waals surface area contributed by atoms with Crippen LogP contribution in [0.25, 0.3) is 0 Å². The maximum Gasteiger partial charge on any atom is 0.230 e. The van der Waals surface area contributed by atoms with Gasteiger partial charge in [-0.3, -0.25) is 4.79 Å². The lowest BCUT2D eigenvalue weighted by Gasteiger charge is -2.04. The number of nitrogens with two attached hydrogens (primary N) is 1. The zero-order chi connectivity index (χ0) is 12.3. The molecule has 0 unspecified atom stereocenters. The number of thioether (sulfide) groups is 2. The van der Waals surface area contributed by atoms with Crippen molar-refractivity contribution in [3.05, 3.63) is 6.07 Å². The summed E-state index contributed by atoms with van der Waals surface area (Å²) in [5, 5.41) is 4.31. The lowest BCUT2D eigenvalue weighted by molar-refractivity contribution is -0.118. The summed E-state index contributed by atoms with van der Waals surface area (Å²) in [4.78, 5) is 19.8. The molecule has 7 heteroatoms. The molecule has 1 aromatic rings. The molecule has 1 fully saturated rings. The van der Waals surface area contributed by atoms with Gasteiger partial charge in [-0.15, -0.1) is 0 Å². The predicted octanol–water partition coefficient (Wildman–Crippen LogP) is 1.15. The number of nitrogen functional groups attached to an aromatic ring is 1. The van der Waals surface area contributed by atoms with Crippen LogP contribution in [0.15, 0.2) is 16.2 Å². The Morgan fingerprint density at radius 3 is 3.00 bits per heavy atom. The lowest BCUT2D eigenvalue weighted by atomic mass is 10.6. The molecule has 2 rings (SSSR count). The Bertz CT molecular complexity index is 423. The van der Waals surface area contributed by atoms with Crippen LogP contribution in [0.1, 0.15) is 12.8 Å². The fourth-order valence-corrected chi connectivity index (χ4v) is 2.38. The SMILES string of the molecule is CSc1nc(N)cc(SCC(=O)NC2CC2)n1. The van der Waals surface area contributed by atoms with Crippen molar-refractivity contribution in [3.63, 3.8) is 0 Å². The number of aromatic nitrogens is 2. The molecule has 0 saturated heterocycles. The Hall–Kier alpha value is -0.950. The first-order valence-electron chi connectivity index (χ1n) is 5.28. The van der Waals surface area contributed by atoms with E-state index in [4.69, 9.17) is 5.73 Å². The highest BCUT2D eigenvalue weighted by atomic mass is 32.2. The van der Waals surface area contributed by atoms with Crippen LogP contribution in [0.4, 0.5) is 5.82 Å². The minimum Gasteiger partial charge on any atom is -0.384 e. The predicted molar refractivity (Wildman–Crippen MR) is 70.1 cm³/mol. The number of carbonyl (C=O) groups excluding carboxylic acids is 1. The van der Waals surface area contributed by atoms with Crippen LogP contribution in [0.3, 0.4) is 0 Å². The number of nitrogens with zero attached hydrogens (tertiary/aromatic N) is 2. The molecule has 3 N–H and O–H groups in total. The number of hydrogen-bond donors (Lipinski definition) is 2. The van der Waals surface area contributed by atoms with E-state index in [1.165, 1.54) is 23.5 Å². The third kappa shape index (κ3) is 4.08. The molecule has 1 aliphatic rings. The van der Waals surface area contributed by atoms with Gasteiger partial charge in [-0.25, -0.2) is 9.97 Å². The minimum atomic E-state index is 0.0559. The zero-order valence-corrected chi connectivity index (χ0v) is 11.1. The number of nitrogens with one attached hydrogen (secondary N) is 1. The molecule has 1 amide bonds. The largest absolute Gasteiger partial charge is 0.384 e. The summed E-state index contributed by atoms with van der Waals surface area (Å²) in [7, 11) is 0. The Morgan fingerprint density at radius 1 is 1.59 bits per heavy atom. The topological polar surface area (TPSA) is 80.9 Å². The smallest absolute Gasteiger partial charge is 0.230 e. The average Bonchev–Trinajstić information content (AvgIpc) is 3.09. The van der Waals surface area contributed by atoms with Gasteiger partial charge in [0.05, 0.1) is 5.75 Å². The lowest BCUT2D eigenvalue weighted by Crippen LogP contribution is -2.27. The summed E-state index contributed by atoms with van der Waals surface area (Å²) in [5.74, 6) is 0.871. The van der Waals surface area contributed by atoms with Crippen molar-refractivity contribution in [2.75, 3.05) is 17.7 Å². The maximum atomic E-state index is 11.5. The summed E-state index contributed by atoms with van der Waals surface area (Å²) in [6.07, 6.45) is 4.10. The molecular weight excluding hydrogens is 256 g/mol. The van der Waals surface area contributed by atoms with E-state index in [1.807, 2.05) is 6.26 Å². The van der Waals surface area contributed by atoms with E-state index in [2.05, 4.69) is 15.3 Å². The molecular formula is C10H14N4OS2. The quantitative estimate of drug-likeness (QED) is 0.474. The Balaban J connectivity index is 1.88. The average molecular weight is 270 g/mol. The van der Waals surface area contributed by atoms with Crippen LogP contribution >= 0.6 is 23.5 Å². The van der Waals surface area contributed by atoms with Crippen molar-refractivity contribution in [1.82, 2.24) is 15.3 Å². The zero-order valence-electron chi connectivity index (χ0n) is 9.47. The molecule has 0 radical (unpaired) electrons. The third-order valence-electron chi connectivity index (χ3n) is 2.18. The second-order valence-electron chi connectivity index (χ2n) is 3.75. The van der Waals surface area contributed by atoms with Gasteiger partial charge in [0.25, 0.3) is 0 Å². The van der Waals surface area contributed by atoms with Gasteiger partial charge in [-0.05, 0) is 19.1 Å². The van der Waals surface area contributed by atoms with E-state index >= 15 is 0 Å². The van der Waals surface area contributed by atoms with Crippen LogP contribution in [0.5, 0.6) is 0 Å². The molecule has 1 saturated carbocycles. The number of amides is 1. The van der Waals surface area contributed by atoms with Gasteiger partial charge in [-0.2, -0.15) is 0 Å². The van der Waals surface area contributed by atoms with Crippen molar-refractivity contribution < 1.29 is 4.79 Å². The van der Waals surface area contributed by atoms with E-state index in [0.29, 0.717) is 22.8 Å². The van der Waals surface area contributed by atoms with Crippen LogP contribution in [0, 0.1) is 0 Å². The van der Waals surface area contributed by atoms with E-state index in [9.17, 15) is 4.79 Å². The standard InChI is InChI=1S/C10H14N4OS2/c1-16-10-13-7(11)4-9(14-10)17-5-8(15)12-6-2-3-6/h4,6H,2-3,5H2,1H3,(H,12,15)(H2,11,13,14). The molecule has 0 spiro atoms. The monoisotopic (exact) mass is 270 g/mol. The number of rotatable bonds is 5. The first-order valence-corrected chi connectivity index (χ1v) is 7.49. The minimum absolute atomic E-state index is 0.0559. The Labute approximate surface area is 108 Å². The highest BCUT2D eigenvalue weighted by Crippen LogP contribution is 2.22. The summed E-state index contributed by atoms with van der Waals surface area (Å²) >= 11 is 2.82. The number of hydrogen-bond acceptors (Lipinski definition) is 6. The maximum absolute atomic E-state index is 11.5. The van der Waals surface area contributed by atoms with Gasteiger partial charge in [0, 0.05) is 12.1 Å². The van der Waals surface area contributed by atoms with Gasteiger partial charge >= 0.3 is 0 Å². The van der Waals surface area contributed by atoms with Crippen LogP contribution in [-0.2, 0) is 4.79 Å². The molecule has 92 valence electrons. The first kappa shape index (κ1) is 12.5. The van der Waals surface area contributed by atoms with Crippen molar-refractivity contribution in [2.45, 2.75) is 29.1 Å². The van der Waals surface area contributed by atoms with Crippen molar-refractivity contribution in [2.24, 2.45) is 0 Å². The molecule has 5 nitrogen and oxygen atoms in total. The van der Waals surface area contributed by atoms with Crippen molar-refractivity contribution >= 4 is 35.2 Å². The van der Waals surface area contributed by atoms with Gasteiger partial charge in [-0.1, -0.05) is 23.5 Å². The van der Waals surface area contributed by atoms with E-state index in [-0.39, 0.29) is 5.91 Å². The molecule has 0 atom stereocenters. The fraction of sp³-hybridized carbons (Fsp3) is 0.500. The summed E-state index contributed by atoms with van der Waals surface area (Å²) < 4.78 is 0. The normalized spacial score (nSPS) is 14.6. The van der Waals surface area contributed by atoms with Gasteiger partial charge < -0.3 is 11.1 Å². The third-order valence-corrected chi connectivity index (χ3v) is 3.64. The molecule has 0 bridgehead atoms. The molecule has 1 heterocycles. The Morgan fingerprint density at radius 2 is 2.35 bits per heavy atom. The molecule has 1 aromatic heterocycles. The summed E-state index contributed by atoms with van der Waals surface area (Å²) in [5.41, 5.74) is 5.65. The highest BCUT2D eigenvalue weighted by molar-refractivity contribution is 8.00. The van der Waals surface area contributed by atoms with Crippen LogP contribution in [0.2, 0.25) is 0 Å². The summed E-state index contributed by atoms with van der Waals surface area (Å²) in [6.45, 7) is 0. The number of carbonyl (C=O) groups is 1. The van der Waals surface area contributed by atoms with Crippen LogP contribution in [-0.4, -0.2) is 33.9 Å². The second kappa shape index (κ2) is 5.59. The van der Waals surface area contributed by atoms with E-state index < -0.39 is 0 Å². The molecule has 0 aliphatic heterocycles. The first-order chi connectivity index (χ1) is 8.17. The van der Waals surface area contributed by atoms with Gasteiger partial charge in [0.15, 0.2) is 5.16 Å². The van der Waals surface area contributed by atoms with Crippen molar-refractivity contribution in [1.29, 1.82) is 0 Å². The van der Waals surface area contributed by atoms with E-state index in [0.717, 1.165) is 17.9 Å². The molecule has 17 heavy (non-hydrogen) atoms. The highest BCUT2D eigenvalue weighted by Gasteiger charge is 2.23. The van der Waals surface area contributed by atoms with Gasteiger partial charge in [0.2, 0.25) is 5.91 Å². The van der Waals surface area contributed by atoms with Gasteiger partial charge in [0.1, 0.15) is 10.8 Å². The van der Waals surface area contributed by atoms with E-state index in [1.54, 1.807) is 6.07 Å². The molecule has 1 aliphatic carbocycles. The number of anilines is 1. The molecule has 0 aromatic carbocycles. The van der Waals surface area contributed by atoms with Crippen molar-refractivity contribution in [3.8, 4) is 0 Å². The fourth-order valence-electron chi connectivity index (χ4n) is 1.22.